The Labute approximate surface area is 123 Å². The Hall–Kier alpha value is -2.49. The maximum Gasteiger partial charge on any atom is 0.228 e. The van der Waals surface area contributed by atoms with Gasteiger partial charge in [-0.2, -0.15) is 0 Å². The van der Waals surface area contributed by atoms with Crippen molar-refractivity contribution in [3.63, 3.8) is 0 Å². The lowest BCUT2D eigenvalue weighted by atomic mass is 10.1. The summed E-state index contributed by atoms with van der Waals surface area (Å²) in [5.74, 6) is 0.0369. The van der Waals surface area contributed by atoms with Gasteiger partial charge in [-0.1, -0.05) is 24.3 Å². The Bertz CT molecular complexity index is 714. The van der Waals surface area contributed by atoms with Gasteiger partial charge in [-0.3, -0.25) is 4.79 Å². The molecule has 4 heteroatoms. The Morgan fingerprint density at radius 2 is 1.81 bits per heavy atom. The first kappa shape index (κ1) is 12.3. The molecule has 0 spiro atoms. The average molecular weight is 279 g/mol. The van der Waals surface area contributed by atoms with E-state index in [4.69, 9.17) is 5.73 Å². The number of carbonyl (C=O) groups excluding carboxylic acids is 1. The van der Waals surface area contributed by atoms with Crippen molar-refractivity contribution in [2.45, 2.75) is 25.3 Å². The molecular weight excluding hydrogens is 262 g/mol. The molecule has 2 aliphatic rings. The van der Waals surface area contributed by atoms with Gasteiger partial charge in [-0.15, -0.1) is 0 Å². The largest absolute Gasteiger partial charge is 0.397 e. The van der Waals surface area contributed by atoms with Crippen molar-refractivity contribution >= 4 is 23.0 Å². The first-order chi connectivity index (χ1) is 10.2. The van der Waals surface area contributed by atoms with Crippen molar-refractivity contribution < 1.29 is 4.79 Å². The predicted molar refractivity (Wildman–Crippen MR) is 84.4 cm³/mol. The van der Waals surface area contributed by atoms with Crippen LogP contribution < -0.4 is 16.4 Å². The van der Waals surface area contributed by atoms with Crippen LogP contribution >= 0.6 is 0 Å². The molecule has 4 nitrogen and oxygen atoms in total. The molecule has 0 unspecified atom stereocenters. The van der Waals surface area contributed by atoms with E-state index in [2.05, 4.69) is 34.9 Å². The van der Waals surface area contributed by atoms with Crippen LogP contribution in [0.4, 0.5) is 17.1 Å². The molecule has 0 aromatic heterocycles. The number of benzene rings is 2. The zero-order valence-electron chi connectivity index (χ0n) is 11.6. The second-order valence-corrected chi connectivity index (χ2v) is 5.84. The van der Waals surface area contributed by atoms with Crippen LogP contribution in [0.2, 0.25) is 0 Å². The van der Waals surface area contributed by atoms with Crippen LogP contribution in [0.15, 0.2) is 36.4 Å². The molecule has 4 N–H and O–H groups in total. The van der Waals surface area contributed by atoms with Crippen LogP contribution in [0.5, 0.6) is 0 Å². The molecule has 4 rings (SSSR count). The van der Waals surface area contributed by atoms with Crippen molar-refractivity contribution in [1.29, 1.82) is 0 Å². The second kappa shape index (κ2) is 4.52. The third-order valence-corrected chi connectivity index (χ3v) is 4.31. The van der Waals surface area contributed by atoms with Crippen LogP contribution in [0.25, 0.3) is 0 Å². The van der Waals surface area contributed by atoms with E-state index in [1.807, 2.05) is 12.1 Å². The molecule has 1 amide bonds. The molecule has 0 saturated heterocycles. The Morgan fingerprint density at radius 3 is 2.52 bits per heavy atom. The monoisotopic (exact) mass is 279 g/mol. The minimum Gasteiger partial charge on any atom is -0.397 e. The molecule has 106 valence electrons. The van der Waals surface area contributed by atoms with Crippen LogP contribution in [0.1, 0.15) is 16.7 Å². The van der Waals surface area contributed by atoms with Gasteiger partial charge < -0.3 is 16.4 Å². The van der Waals surface area contributed by atoms with Crippen LogP contribution in [0.3, 0.4) is 0 Å². The molecule has 0 atom stereocenters. The van der Waals surface area contributed by atoms with Gasteiger partial charge in [-0.05, 0) is 41.7 Å². The normalized spacial score (nSPS) is 16.5. The van der Waals surface area contributed by atoms with Gasteiger partial charge in [0, 0.05) is 11.7 Å². The molecule has 21 heavy (non-hydrogen) atoms. The van der Waals surface area contributed by atoms with Crippen molar-refractivity contribution in [3.8, 4) is 0 Å². The maximum absolute atomic E-state index is 11.4. The number of fused-ring (bicyclic) bond motifs is 2. The number of amides is 1. The third kappa shape index (κ3) is 2.13. The molecule has 1 heterocycles. The van der Waals surface area contributed by atoms with Crippen LogP contribution in [-0.2, 0) is 24.1 Å². The van der Waals surface area contributed by atoms with Gasteiger partial charge >= 0.3 is 0 Å². The van der Waals surface area contributed by atoms with Gasteiger partial charge in [0.15, 0.2) is 0 Å². The molecule has 1 aliphatic heterocycles. The summed E-state index contributed by atoms with van der Waals surface area (Å²) in [6, 6.07) is 12.8. The fraction of sp³-hybridized carbons (Fsp3) is 0.235. The highest BCUT2D eigenvalue weighted by Crippen LogP contribution is 2.33. The summed E-state index contributed by atoms with van der Waals surface area (Å²) in [6.45, 7) is 0. The number of carbonyl (C=O) groups is 1. The number of rotatable bonds is 2. The predicted octanol–water partition coefficient (Wildman–Crippen LogP) is 2.34. The average Bonchev–Trinajstić information content (AvgIpc) is 3.00. The van der Waals surface area contributed by atoms with Gasteiger partial charge in [-0.25, -0.2) is 0 Å². The lowest BCUT2D eigenvalue weighted by molar-refractivity contribution is -0.115. The Morgan fingerprint density at radius 1 is 1.10 bits per heavy atom. The number of nitrogens with two attached hydrogens (primary N) is 1. The highest BCUT2D eigenvalue weighted by molar-refractivity contribution is 6.00. The van der Waals surface area contributed by atoms with Gasteiger partial charge in [0.05, 0.1) is 17.8 Å². The molecule has 0 saturated carbocycles. The van der Waals surface area contributed by atoms with E-state index in [1.165, 1.54) is 11.1 Å². The summed E-state index contributed by atoms with van der Waals surface area (Å²) in [7, 11) is 0. The fourth-order valence-corrected chi connectivity index (χ4v) is 3.30. The van der Waals surface area contributed by atoms with E-state index in [1.54, 1.807) is 0 Å². The number of nitrogen functional groups attached to an aromatic ring is 1. The summed E-state index contributed by atoms with van der Waals surface area (Å²) < 4.78 is 0. The van der Waals surface area contributed by atoms with Crippen LogP contribution in [-0.4, -0.2) is 11.9 Å². The summed E-state index contributed by atoms with van der Waals surface area (Å²) in [5.41, 5.74) is 12.4. The second-order valence-electron chi connectivity index (χ2n) is 5.84. The lowest BCUT2D eigenvalue weighted by Crippen LogP contribution is -2.20. The third-order valence-electron chi connectivity index (χ3n) is 4.31. The Kier molecular flexibility index (Phi) is 2.64. The number of nitrogens with one attached hydrogen (secondary N) is 2. The summed E-state index contributed by atoms with van der Waals surface area (Å²) in [4.78, 5) is 11.4. The van der Waals surface area contributed by atoms with Gasteiger partial charge in [0.1, 0.15) is 0 Å². The van der Waals surface area contributed by atoms with E-state index in [0.29, 0.717) is 18.2 Å². The highest BCUT2D eigenvalue weighted by Gasteiger charge is 2.23. The Balaban J connectivity index is 1.57. The van der Waals surface area contributed by atoms with Crippen molar-refractivity contribution in [2.24, 2.45) is 0 Å². The van der Waals surface area contributed by atoms with E-state index in [-0.39, 0.29) is 5.91 Å². The number of anilines is 3. The van der Waals surface area contributed by atoms with Crippen molar-refractivity contribution in [1.82, 2.24) is 0 Å². The minimum absolute atomic E-state index is 0.0369. The molecule has 0 bridgehead atoms. The molecule has 0 fully saturated rings. The minimum atomic E-state index is 0.0369. The SMILES string of the molecule is Nc1cc2c(cc1NC1Cc3ccccc3C1)NC(=O)C2. The molecular formula is C17H17N3O. The number of hydrogen-bond acceptors (Lipinski definition) is 3. The zero-order valence-corrected chi connectivity index (χ0v) is 11.6. The van der Waals surface area contributed by atoms with Gasteiger partial charge in [0.25, 0.3) is 0 Å². The van der Waals surface area contributed by atoms with Crippen LogP contribution in [0, 0.1) is 0 Å². The summed E-state index contributed by atoms with van der Waals surface area (Å²) >= 11 is 0. The topological polar surface area (TPSA) is 67.2 Å². The quantitative estimate of drug-likeness (QED) is 0.739. The number of hydrogen-bond donors (Lipinski definition) is 3. The van der Waals surface area contributed by atoms with E-state index in [0.717, 1.165) is 29.8 Å². The fourth-order valence-electron chi connectivity index (χ4n) is 3.30. The molecule has 2 aromatic carbocycles. The smallest absolute Gasteiger partial charge is 0.228 e. The highest BCUT2D eigenvalue weighted by atomic mass is 16.1. The first-order valence-corrected chi connectivity index (χ1v) is 7.24. The zero-order chi connectivity index (χ0) is 14.4. The molecule has 2 aromatic rings. The summed E-state index contributed by atoms with van der Waals surface area (Å²) in [6.07, 6.45) is 2.45. The summed E-state index contributed by atoms with van der Waals surface area (Å²) in [5, 5.41) is 6.40. The molecule has 1 aliphatic carbocycles. The lowest BCUT2D eigenvalue weighted by Gasteiger charge is -2.16. The first-order valence-electron chi connectivity index (χ1n) is 7.24. The molecule has 0 radical (unpaired) electrons. The van der Waals surface area contributed by atoms with E-state index >= 15 is 0 Å². The standard InChI is InChI=1S/C17H17N3O/c18-14-7-12-8-17(21)20-15(12)9-16(14)19-13-5-10-3-1-2-4-11(10)6-13/h1-4,7,9,13,19H,5-6,8,18H2,(H,20,21). The van der Waals surface area contributed by atoms with E-state index in [9.17, 15) is 4.79 Å². The van der Waals surface area contributed by atoms with Crippen molar-refractivity contribution in [3.05, 3.63) is 53.1 Å². The van der Waals surface area contributed by atoms with Crippen molar-refractivity contribution in [2.75, 3.05) is 16.4 Å². The van der Waals surface area contributed by atoms with Gasteiger partial charge in [0.2, 0.25) is 5.91 Å². The maximum atomic E-state index is 11.4. The van der Waals surface area contributed by atoms with E-state index < -0.39 is 0 Å².